The standard InChI is InChI=1S/C13H20N2O2S/c1-3-4-11(2)15-18(16,17)13-7-5-12(6-8-13)9-10-14/h3,5-8,11,15H,1,4,9-10,14H2,2H3. The number of rotatable bonds is 7. The van der Waals surface area contributed by atoms with E-state index in [1.54, 1.807) is 30.3 Å². The molecule has 0 aliphatic heterocycles. The molecule has 100 valence electrons. The van der Waals surface area contributed by atoms with Gasteiger partial charge in [0.25, 0.3) is 0 Å². The molecule has 5 heteroatoms. The molecule has 1 rings (SSSR count). The van der Waals surface area contributed by atoms with Crippen molar-refractivity contribution in [3.63, 3.8) is 0 Å². The van der Waals surface area contributed by atoms with Crippen LogP contribution in [0.25, 0.3) is 0 Å². The van der Waals surface area contributed by atoms with Crippen LogP contribution in [0.3, 0.4) is 0 Å². The second-order valence-electron chi connectivity index (χ2n) is 4.23. The summed E-state index contributed by atoms with van der Waals surface area (Å²) in [5.41, 5.74) is 6.48. The zero-order chi connectivity index (χ0) is 13.6. The van der Waals surface area contributed by atoms with Gasteiger partial charge in [0.1, 0.15) is 0 Å². The predicted molar refractivity (Wildman–Crippen MR) is 73.8 cm³/mol. The van der Waals surface area contributed by atoms with Gasteiger partial charge in [-0.15, -0.1) is 6.58 Å². The summed E-state index contributed by atoms with van der Waals surface area (Å²) < 4.78 is 26.6. The summed E-state index contributed by atoms with van der Waals surface area (Å²) in [5.74, 6) is 0. The molecular formula is C13H20N2O2S. The van der Waals surface area contributed by atoms with Gasteiger partial charge in [0.05, 0.1) is 4.90 Å². The number of hydrogen-bond donors (Lipinski definition) is 2. The molecule has 0 bridgehead atoms. The number of nitrogens with two attached hydrogens (primary N) is 1. The maximum Gasteiger partial charge on any atom is 0.240 e. The lowest BCUT2D eigenvalue weighted by atomic mass is 10.2. The summed E-state index contributed by atoms with van der Waals surface area (Å²) in [5, 5.41) is 0. The monoisotopic (exact) mass is 268 g/mol. The molecule has 1 aromatic rings. The van der Waals surface area contributed by atoms with E-state index in [0.29, 0.717) is 13.0 Å². The van der Waals surface area contributed by atoms with E-state index >= 15 is 0 Å². The van der Waals surface area contributed by atoms with Crippen molar-refractivity contribution in [2.75, 3.05) is 6.54 Å². The maximum absolute atomic E-state index is 12.0. The second-order valence-corrected chi connectivity index (χ2v) is 5.94. The molecule has 0 heterocycles. The van der Waals surface area contributed by atoms with E-state index < -0.39 is 10.0 Å². The van der Waals surface area contributed by atoms with Crippen molar-refractivity contribution < 1.29 is 8.42 Å². The van der Waals surface area contributed by atoms with Gasteiger partial charge >= 0.3 is 0 Å². The minimum Gasteiger partial charge on any atom is -0.330 e. The molecule has 1 unspecified atom stereocenters. The smallest absolute Gasteiger partial charge is 0.240 e. The van der Waals surface area contributed by atoms with Crippen LogP contribution in [0.4, 0.5) is 0 Å². The van der Waals surface area contributed by atoms with Crippen LogP contribution in [0.1, 0.15) is 18.9 Å². The molecular weight excluding hydrogens is 248 g/mol. The first-order valence-corrected chi connectivity index (χ1v) is 7.40. The van der Waals surface area contributed by atoms with Crippen molar-refractivity contribution in [2.24, 2.45) is 5.73 Å². The lowest BCUT2D eigenvalue weighted by molar-refractivity contribution is 0.562. The predicted octanol–water partition coefficient (Wildman–Crippen LogP) is 1.43. The van der Waals surface area contributed by atoms with Crippen molar-refractivity contribution in [3.8, 4) is 0 Å². The van der Waals surface area contributed by atoms with Crippen LogP contribution in [0.15, 0.2) is 41.8 Å². The van der Waals surface area contributed by atoms with Crippen LogP contribution in [-0.2, 0) is 16.4 Å². The van der Waals surface area contributed by atoms with Crippen LogP contribution in [0.2, 0.25) is 0 Å². The number of benzene rings is 1. The largest absolute Gasteiger partial charge is 0.330 e. The van der Waals surface area contributed by atoms with E-state index in [0.717, 1.165) is 12.0 Å². The summed E-state index contributed by atoms with van der Waals surface area (Å²) in [6, 6.07) is 6.64. The van der Waals surface area contributed by atoms with E-state index in [4.69, 9.17) is 5.73 Å². The molecule has 0 spiro atoms. The molecule has 1 atom stereocenters. The summed E-state index contributed by atoms with van der Waals surface area (Å²) in [4.78, 5) is 0.277. The van der Waals surface area contributed by atoms with Crippen LogP contribution >= 0.6 is 0 Å². The Bertz CT molecular complexity index is 480. The maximum atomic E-state index is 12.0. The number of nitrogens with one attached hydrogen (secondary N) is 1. The topological polar surface area (TPSA) is 72.2 Å². The Labute approximate surface area is 109 Å². The molecule has 0 aliphatic rings. The molecule has 0 aliphatic carbocycles. The number of hydrogen-bond acceptors (Lipinski definition) is 3. The lowest BCUT2D eigenvalue weighted by Gasteiger charge is -2.12. The molecule has 0 fully saturated rings. The van der Waals surface area contributed by atoms with Gasteiger partial charge in [-0.1, -0.05) is 18.2 Å². The van der Waals surface area contributed by atoms with Gasteiger partial charge in [-0.25, -0.2) is 13.1 Å². The SMILES string of the molecule is C=CCC(C)NS(=O)(=O)c1ccc(CCN)cc1. The lowest BCUT2D eigenvalue weighted by Crippen LogP contribution is -2.32. The first kappa shape index (κ1) is 14.9. The first-order valence-electron chi connectivity index (χ1n) is 5.92. The van der Waals surface area contributed by atoms with E-state index in [1.807, 2.05) is 6.92 Å². The van der Waals surface area contributed by atoms with Crippen molar-refractivity contribution in [1.29, 1.82) is 0 Å². The Morgan fingerprint density at radius 3 is 2.50 bits per heavy atom. The molecule has 0 saturated heterocycles. The summed E-state index contributed by atoms with van der Waals surface area (Å²) in [7, 11) is -3.44. The average Bonchev–Trinajstić information content (AvgIpc) is 2.29. The van der Waals surface area contributed by atoms with Crippen molar-refractivity contribution in [2.45, 2.75) is 30.7 Å². The molecule has 0 aromatic heterocycles. The van der Waals surface area contributed by atoms with Gasteiger partial charge in [0.15, 0.2) is 0 Å². The fourth-order valence-corrected chi connectivity index (χ4v) is 2.89. The highest BCUT2D eigenvalue weighted by Crippen LogP contribution is 2.12. The second kappa shape index (κ2) is 6.68. The molecule has 4 nitrogen and oxygen atoms in total. The Morgan fingerprint density at radius 1 is 1.39 bits per heavy atom. The van der Waals surface area contributed by atoms with Crippen LogP contribution < -0.4 is 10.5 Å². The van der Waals surface area contributed by atoms with Crippen molar-refractivity contribution >= 4 is 10.0 Å². The van der Waals surface area contributed by atoms with Gasteiger partial charge in [0, 0.05) is 6.04 Å². The van der Waals surface area contributed by atoms with Gasteiger partial charge < -0.3 is 5.73 Å². The van der Waals surface area contributed by atoms with Crippen LogP contribution in [-0.4, -0.2) is 21.0 Å². The molecule has 0 radical (unpaired) electrons. The fraction of sp³-hybridized carbons (Fsp3) is 0.385. The van der Waals surface area contributed by atoms with Crippen LogP contribution in [0.5, 0.6) is 0 Å². The van der Waals surface area contributed by atoms with E-state index in [2.05, 4.69) is 11.3 Å². The zero-order valence-electron chi connectivity index (χ0n) is 10.6. The summed E-state index contributed by atoms with van der Waals surface area (Å²) in [6.45, 7) is 5.95. The molecule has 3 N–H and O–H groups in total. The Kier molecular flexibility index (Phi) is 5.53. The quantitative estimate of drug-likeness (QED) is 0.735. The first-order chi connectivity index (χ1) is 8.49. The van der Waals surface area contributed by atoms with Gasteiger partial charge in [-0.3, -0.25) is 0 Å². The molecule has 1 aromatic carbocycles. The third kappa shape index (κ3) is 4.25. The highest BCUT2D eigenvalue weighted by Gasteiger charge is 2.16. The Hall–Kier alpha value is -1.17. The highest BCUT2D eigenvalue weighted by atomic mass is 32.2. The normalized spacial score (nSPS) is 13.2. The Morgan fingerprint density at radius 2 is 2.00 bits per heavy atom. The van der Waals surface area contributed by atoms with E-state index in [9.17, 15) is 8.42 Å². The van der Waals surface area contributed by atoms with E-state index in [1.165, 1.54) is 0 Å². The van der Waals surface area contributed by atoms with Gasteiger partial charge in [0.2, 0.25) is 10.0 Å². The van der Waals surface area contributed by atoms with Crippen LogP contribution in [0, 0.1) is 0 Å². The highest BCUT2D eigenvalue weighted by molar-refractivity contribution is 7.89. The number of sulfonamides is 1. The molecule has 0 saturated carbocycles. The fourth-order valence-electron chi connectivity index (χ4n) is 1.63. The van der Waals surface area contributed by atoms with Crippen molar-refractivity contribution in [1.82, 2.24) is 4.72 Å². The van der Waals surface area contributed by atoms with Crippen molar-refractivity contribution in [3.05, 3.63) is 42.5 Å². The molecule has 0 amide bonds. The average molecular weight is 268 g/mol. The minimum atomic E-state index is -3.44. The third-order valence-corrected chi connectivity index (χ3v) is 4.15. The summed E-state index contributed by atoms with van der Waals surface area (Å²) in [6.07, 6.45) is 3.04. The minimum absolute atomic E-state index is 0.156. The molecule has 18 heavy (non-hydrogen) atoms. The third-order valence-electron chi connectivity index (χ3n) is 2.54. The summed E-state index contributed by atoms with van der Waals surface area (Å²) >= 11 is 0. The van der Waals surface area contributed by atoms with Gasteiger partial charge in [-0.2, -0.15) is 0 Å². The van der Waals surface area contributed by atoms with Gasteiger partial charge in [-0.05, 0) is 44.0 Å². The van der Waals surface area contributed by atoms with E-state index in [-0.39, 0.29) is 10.9 Å². The zero-order valence-corrected chi connectivity index (χ0v) is 11.4. The Balaban J connectivity index is 2.81.